The molecule has 3 nitrogen and oxygen atoms in total. The lowest BCUT2D eigenvalue weighted by Crippen LogP contribution is -2.30. The Labute approximate surface area is 90.4 Å². The number of nitrogens with one attached hydrogen (secondary N) is 1. The summed E-state index contributed by atoms with van der Waals surface area (Å²) in [5.74, 6) is -0.306. The molecule has 0 aliphatic heterocycles. The number of hydroxylamine groups is 1. The molecule has 82 valence electrons. The minimum atomic E-state index is -0.190. The van der Waals surface area contributed by atoms with Gasteiger partial charge in [-0.3, -0.25) is 9.63 Å². The van der Waals surface area contributed by atoms with Crippen molar-refractivity contribution in [3.63, 3.8) is 0 Å². The van der Waals surface area contributed by atoms with E-state index in [4.69, 9.17) is 4.84 Å². The zero-order chi connectivity index (χ0) is 11.3. The molecule has 0 heterocycles. The molecular formula is C12H17NO2. The van der Waals surface area contributed by atoms with Gasteiger partial charge in [-0.05, 0) is 26.3 Å². The topological polar surface area (TPSA) is 38.3 Å². The van der Waals surface area contributed by atoms with Gasteiger partial charge in [0.15, 0.2) is 0 Å². The molecule has 1 amide bonds. The molecule has 1 aromatic carbocycles. The van der Waals surface area contributed by atoms with Gasteiger partial charge in [0.05, 0.1) is 12.0 Å². The summed E-state index contributed by atoms with van der Waals surface area (Å²) in [5.41, 5.74) is 3.43. The van der Waals surface area contributed by atoms with Gasteiger partial charge < -0.3 is 0 Å². The molecule has 0 aliphatic carbocycles. The molecule has 0 bridgehead atoms. The van der Waals surface area contributed by atoms with E-state index in [0.717, 1.165) is 5.56 Å². The van der Waals surface area contributed by atoms with E-state index < -0.39 is 0 Å². The van der Waals surface area contributed by atoms with Crippen molar-refractivity contribution in [3.05, 3.63) is 35.9 Å². The Morgan fingerprint density at radius 3 is 2.33 bits per heavy atom. The van der Waals surface area contributed by atoms with Crippen molar-refractivity contribution in [2.45, 2.75) is 32.8 Å². The molecule has 1 N–H and O–H groups in total. The van der Waals surface area contributed by atoms with E-state index in [1.807, 2.05) is 51.1 Å². The molecule has 3 heteroatoms. The second kappa shape index (κ2) is 5.51. The Balaban J connectivity index is 2.54. The maximum atomic E-state index is 11.6. The predicted molar refractivity (Wildman–Crippen MR) is 59.2 cm³/mol. The first-order valence-electron chi connectivity index (χ1n) is 5.11. The molecule has 0 aliphatic rings. The first-order chi connectivity index (χ1) is 7.11. The maximum absolute atomic E-state index is 11.6. The number of hydrogen-bond donors (Lipinski definition) is 1. The number of amides is 1. The Hall–Kier alpha value is -1.35. The summed E-state index contributed by atoms with van der Waals surface area (Å²) in [5, 5.41) is 0. The highest BCUT2D eigenvalue weighted by Crippen LogP contribution is 2.14. The molecule has 0 radical (unpaired) electrons. The fraction of sp³-hybridized carbons (Fsp3) is 0.417. The minimum Gasteiger partial charge on any atom is -0.272 e. The van der Waals surface area contributed by atoms with Gasteiger partial charge in [-0.15, -0.1) is 0 Å². The molecule has 15 heavy (non-hydrogen) atoms. The largest absolute Gasteiger partial charge is 0.272 e. The van der Waals surface area contributed by atoms with Crippen molar-refractivity contribution < 1.29 is 9.63 Å². The molecule has 0 fully saturated rings. The standard InChI is InChI=1S/C12H17NO2/c1-9(2)15-13-12(14)10(3)11-7-5-4-6-8-11/h4-10H,1-3H3,(H,13,14). The monoisotopic (exact) mass is 207 g/mol. The average molecular weight is 207 g/mol. The molecule has 1 unspecified atom stereocenters. The second-order valence-corrected chi connectivity index (χ2v) is 3.77. The van der Waals surface area contributed by atoms with Crippen LogP contribution in [0.25, 0.3) is 0 Å². The van der Waals surface area contributed by atoms with Crippen LogP contribution in [0.3, 0.4) is 0 Å². The van der Waals surface area contributed by atoms with Crippen molar-refractivity contribution in [1.29, 1.82) is 0 Å². The highest BCUT2D eigenvalue weighted by molar-refractivity contribution is 5.82. The average Bonchev–Trinajstić information content (AvgIpc) is 2.26. The number of rotatable bonds is 4. The summed E-state index contributed by atoms with van der Waals surface area (Å²) < 4.78 is 0. The van der Waals surface area contributed by atoms with E-state index in [9.17, 15) is 4.79 Å². The number of carbonyl (C=O) groups excluding carboxylic acids is 1. The molecule has 0 saturated heterocycles. The SMILES string of the molecule is CC(C)ONC(=O)C(C)c1ccccc1. The molecule has 0 saturated carbocycles. The normalized spacial score (nSPS) is 12.5. The number of carbonyl (C=O) groups is 1. The quantitative estimate of drug-likeness (QED) is 0.769. The van der Waals surface area contributed by atoms with E-state index in [-0.39, 0.29) is 17.9 Å². The Kier molecular flexibility index (Phi) is 4.31. The third-order valence-electron chi connectivity index (χ3n) is 2.09. The van der Waals surface area contributed by atoms with Crippen LogP contribution >= 0.6 is 0 Å². The number of hydrogen-bond acceptors (Lipinski definition) is 2. The van der Waals surface area contributed by atoms with Gasteiger partial charge in [0.2, 0.25) is 0 Å². The Morgan fingerprint density at radius 1 is 1.20 bits per heavy atom. The fourth-order valence-corrected chi connectivity index (χ4v) is 1.16. The molecular weight excluding hydrogens is 190 g/mol. The number of benzene rings is 1. The lowest BCUT2D eigenvalue weighted by Gasteiger charge is -2.13. The third-order valence-corrected chi connectivity index (χ3v) is 2.09. The lowest BCUT2D eigenvalue weighted by molar-refractivity contribution is -0.138. The summed E-state index contributed by atoms with van der Waals surface area (Å²) in [4.78, 5) is 16.7. The van der Waals surface area contributed by atoms with Gasteiger partial charge in [0.1, 0.15) is 0 Å². The molecule has 0 spiro atoms. The zero-order valence-electron chi connectivity index (χ0n) is 9.36. The van der Waals surface area contributed by atoms with Crippen molar-refractivity contribution in [2.24, 2.45) is 0 Å². The molecule has 1 atom stereocenters. The smallest absolute Gasteiger partial charge is 0.250 e. The van der Waals surface area contributed by atoms with Gasteiger partial charge in [0, 0.05) is 0 Å². The van der Waals surface area contributed by atoms with Crippen LogP contribution in [0.15, 0.2) is 30.3 Å². The summed E-state index contributed by atoms with van der Waals surface area (Å²) in [6.07, 6.45) is -0.00285. The van der Waals surface area contributed by atoms with Crippen LogP contribution in [-0.2, 0) is 9.63 Å². The molecule has 1 aromatic rings. The van der Waals surface area contributed by atoms with Crippen LogP contribution in [0.5, 0.6) is 0 Å². The lowest BCUT2D eigenvalue weighted by atomic mass is 10.0. The van der Waals surface area contributed by atoms with Gasteiger partial charge in [0.25, 0.3) is 5.91 Å². The first kappa shape index (κ1) is 11.7. The van der Waals surface area contributed by atoms with Crippen LogP contribution < -0.4 is 5.48 Å². The van der Waals surface area contributed by atoms with E-state index in [0.29, 0.717) is 0 Å². The van der Waals surface area contributed by atoms with Crippen LogP contribution in [-0.4, -0.2) is 12.0 Å². The van der Waals surface area contributed by atoms with Crippen molar-refractivity contribution >= 4 is 5.91 Å². The van der Waals surface area contributed by atoms with Crippen LogP contribution in [0, 0.1) is 0 Å². The Bertz CT molecular complexity index is 309. The van der Waals surface area contributed by atoms with E-state index in [2.05, 4.69) is 5.48 Å². The van der Waals surface area contributed by atoms with Gasteiger partial charge in [-0.25, -0.2) is 5.48 Å². The van der Waals surface area contributed by atoms with Crippen LogP contribution in [0.4, 0.5) is 0 Å². The second-order valence-electron chi connectivity index (χ2n) is 3.77. The third kappa shape index (κ3) is 3.72. The fourth-order valence-electron chi connectivity index (χ4n) is 1.16. The van der Waals surface area contributed by atoms with Crippen molar-refractivity contribution in [2.75, 3.05) is 0 Å². The maximum Gasteiger partial charge on any atom is 0.250 e. The predicted octanol–water partition coefficient (Wildman–Crippen LogP) is 2.25. The molecule has 0 aromatic heterocycles. The van der Waals surface area contributed by atoms with Gasteiger partial charge >= 0.3 is 0 Å². The van der Waals surface area contributed by atoms with E-state index in [1.165, 1.54) is 0 Å². The van der Waals surface area contributed by atoms with Gasteiger partial charge in [-0.2, -0.15) is 0 Å². The zero-order valence-corrected chi connectivity index (χ0v) is 9.36. The Morgan fingerprint density at radius 2 is 1.80 bits per heavy atom. The summed E-state index contributed by atoms with van der Waals surface area (Å²) in [6.45, 7) is 5.59. The van der Waals surface area contributed by atoms with Crippen molar-refractivity contribution in [1.82, 2.24) is 5.48 Å². The van der Waals surface area contributed by atoms with E-state index >= 15 is 0 Å². The van der Waals surface area contributed by atoms with Gasteiger partial charge in [-0.1, -0.05) is 30.3 Å². The van der Waals surface area contributed by atoms with E-state index in [1.54, 1.807) is 0 Å². The van der Waals surface area contributed by atoms with Crippen molar-refractivity contribution in [3.8, 4) is 0 Å². The van der Waals surface area contributed by atoms with Crippen LogP contribution in [0.2, 0.25) is 0 Å². The summed E-state index contributed by atoms with van der Waals surface area (Å²) >= 11 is 0. The first-order valence-corrected chi connectivity index (χ1v) is 5.11. The molecule has 1 rings (SSSR count). The summed E-state index contributed by atoms with van der Waals surface area (Å²) in [7, 11) is 0. The minimum absolute atomic E-state index is 0.00285. The summed E-state index contributed by atoms with van der Waals surface area (Å²) in [6, 6.07) is 9.63. The highest BCUT2D eigenvalue weighted by Gasteiger charge is 2.14. The highest BCUT2D eigenvalue weighted by atomic mass is 16.7. The van der Waals surface area contributed by atoms with Crippen LogP contribution in [0.1, 0.15) is 32.3 Å².